The van der Waals surface area contributed by atoms with Crippen LogP contribution in [0.25, 0.3) is 0 Å². The average molecular weight is 778 g/mol. The number of nitrogens with one attached hydrogen (secondary N) is 1. The molecule has 0 atom stereocenters. The molecule has 7 heteroatoms. The van der Waals surface area contributed by atoms with Crippen LogP contribution in [0.5, 0.6) is 0 Å². The summed E-state index contributed by atoms with van der Waals surface area (Å²) in [7, 11) is 2.00. The molecule has 0 bridgehead atoms. The Balaban J connectivity index is 4.50. The van der Waals surface area contributed by atoms with Crippen LogP contribution in [-0.2, 0) is 23.9 Å². The van der Waals surface area contributed by atoms with E-state index in [1.165, 1.54) is 77.0 Å². The molecule has 0 heterocycles. The molecule has 54 heavy (non-hydrogen) atoms. The van der Waals surface area contributed by atoms with Gasteiger partial charge in [-0.1, -0.05) is 167 Å². The second kappa shape index (κ2) is 35.8. The highest BCUT2D eigenvalue weighted by molar-refractivity contribution is 8.13. The molecule has 0 aromatic heterocycles. The lowest BCUT2D eigenvalue weighted by Crippen LogP contribution is -2.32. The molecule has 6 nitrogen and oxygen atoms in total. The van der Waals surface area contributed by atoms with E-state index in [0.29, 0.717) is 43.5 Å². The van der Waals surface area contributed by atoms with E-state index in [1.54, 1.807) is 11.8 Å². The second-order valence-electron chi connectivity index (χ2n) is 17.4. The molecule has 0 aromatic carbocycles. The maximum absolute atomic E-state index is 13.2. The number of ether oxygens (including phenoxy) is 2. The van der Waals surface area contributed by atoms with Crippen LogP contribution in [-0.4, -0.2) is 49.6 Å². The van der Waals surface area contributed by atoms with Crippen molar-refractivity contribution in [3.8, 4) is 0 Å². The first-order valence-electron chi connectivity index (χ1n) is 22.4. The predicted octanol–water partition coefficient (Wildman–Crippen LogP) is 13.5. The highest BCUT2D eigenvalue weighted by Crippen LogP contribution is 2.37. The number of carbonyl (C=O) groups is 3. The van der Waals surface area contributed by atoms with Crippen LogP contribution in [0.15, 0.2) is 24.3 Å². The lowest BCUT2D eigenvalue weighted by Gasteiger charge is -2.34. The van der Waals surface area contributed by atoms with E-state index in [-0.39, 0.29) is 22.8 Å². The van der Waals surface area contributed by atoms with Crippen molar-refractivity contribution in [1.82, 2.24) is 5.32 Å². The Labute approximate surface area is 339 Å². The third kappa shape index (κ3) is 36.1. The molecule has 0 rings (SSSR count). The summed E-state index contributed by atoms with van der Waals surface area (Å²) in [4.78, 5) is 37.4. The molecule has 0 aromatic rings. The van der Waals surface area contributed by atoms with Gasteiger partial charge in [-0.15, -0.1) is 0 Å². The first kappa shape index (κ1) is 52.4. The molecule has 0 unspecified atom stereocenters. The fourth-order valence-corrected chi connectivity index (χ4v) is 8.75. The molecule has 1 N–H and O–H groups in total. The zero-order valence-corrected chi connectivity index (χ0v) is 37.4. The summed E-state index contributed by atoms with van der Waals surface area (Å²) in [5.41, 5.74) is 0.134. The van der Waals surface area contributed by atoms with Gasteiger partial charge in [0.1, 0.15) is 13.2 Å². The monoisotopic (exact) mass is 778 g/mol. The van der Waals surface area contributed by atoms with Crippen molar-refractivity contribution in [2.45, 2.75) is 208 Å². The molecule has 0 radical (unpaired) electrons. The van der Waals surface area contributed by atoms with Gasteiger partial charge in [-0.05, 0) is 88.1 Å². The maximum atomic E-state index is 13.2. The second-order valence-corrected chi connectivity index (χ2v) is 18.5. The molecule has 316 valence electrons. The predicted molar refractivity (Wildman–Crippen MR) is 234 cm³/mol. The summed E-state index contributed by atoms with van der Waals surface area (Å²) in [6.07, 6.45) is 36.2. The van der Waals surface area contributed by atoms with Gasteiger partial charge in [0.15, 0.2) is 5.12 Å². The quantitative estimate of drug-likeness (QED) is 0.0380. The van der Waals surface area contributed by atoms with Crippen molar-refractivity contribution in [3.63, 3.8) is 0 Å². The standard InChI is InChI=1S/C47H87NO5S/c1-8-10-12-14-16-24-30-36-52-43(49)34-28-22-18-20-26-32-42(39-54-45(51)38-46(3,4)40-47(5,6)41-48-7)33-27-21-19-23-29-35-44(50)53-37-31-25-17-15-13-11-9-2/h24-25,30-31,42,48H,8-23,26-29,32-41H2,1-7H3/b30-24-,31-25-. The Kier molecular flexibility index (Phi) is 34.7. The Morgan fingerprint density at radius 2 is 1.04 bits per heavy atom. The van der Waals surface area contributed by atoms with Crippen molar-refractivity contribution in [3.05, 3.63) is 24.3 Å². The van der Waals surface area contributed by atoms with E-state index in [0.717, 1.165) is 82.9 Å². The zero-order valence-electron chi connectivity index (χ0n) is 36.5. The van der Waals surface area contributed by atoms with Gasteiger partial charge in [-0.3, -0.25) is 14.4 Å². The summed E-state index contributed by atoms with van der Waals surface area (Å²) in [5.74, 6) is 1.29. The number of rotatable bonds is 38. The minimum atomic E-state index is -0.0858. The summed E-state index contributed by atoms with van der Waals surface area (Å²) < 4.78 is 10.7. The SMILES string of the molecule is CCCCCC/C=C\COC(=O)CCCCCCCC(CCCCCCCC(=O)OC/C=C\CCCCCC)CSC(=O)CC(C)(C)CC(C)(C)CNC. The Morgan fingerprint density at radius 1 is 0.593 bits per heavy atom. The number of allylic oxidation sites excluding steroid dienone is 2. The first-order chi connectivity index (χ1) is 25.9. The number of esters is 2. The number of thioether (sulfide) groups is 1. The molecule has 0 aliphatic heterocycles. The minimum Gasteiger partial charge on any atom is -0.461 e. The molecule has 0 aliphatic rings. The van der Waals surface area contributed by atoms with Crippen LogP contribution >= 0.6 is 11.8 Å². The molecular weight excluding hydrogens is 691 g/mol. The Bertz CT molecular complexity index is 923. The summed E-state index contributed by atoms with van der Waals surface area (Å²) in [6, 6.07) is 0. The van der Waals surface area contributed by atoms with E-state index >= 15 is 0 Å². The third-order valence-electron chi connectivity index (χ3n) is 10.2. The molecule has 0 saturated heterocycles. The molecule has 0 fully saturated rings. The average Bonchev–Trinajstić information content (AvgIpc) is 3.10. The van der Waals surface area contributed by atoms with E-state index in [2.05, 4.69) is 59.0 Å². The first-order valence-corrected chi connectivity index (χ1v) is 23.3. The molecule has 0 spiro atoms. The van der Waals surface area contributed by atoms with Gasteiger partial charge in [-0.2, -0.15) is 0 Å². The fourth-order valence-electron chi connectivity index (χ4n) is 7.50. The van der Waals surface area contributed by atoms with Gasteiger partial charge in [-0.25, -0.2) is 0 Å². The summed E-state index contributed by atoms with van der Waals surface area (Å²) in [5, 5.41) is 3.63. The molecular formula is C47H87NO5S. The Morgan fingerprint density at radius 3 is 1.50 bits per heavy atom. The van der Waals surface area contributed by atoms with Crippen LogP contribution in [0.1, 0.15) is 208 Å². The molecule has 0 amide bonds. The van der Waals surface area contributed by atoms with Crippen molar-refractivity contribution < 1.29 is 23.9 Å². The number of carbonyl (C=O) groups excluding carboxylic acids is 3. The van der Waals surface area contributed by atoms with E-state index in [4.69, 9.17) is 9.47 Å². The smallest absolute Gasteiger partial charge is 0.306 e. The fraction of sp³-hybridized carbons (Fsp3) is 0.851. The van der Waals surface area contributed by atoms with Gasteiger partial charge in [0.05, 0.1) is 0 Å². The molecule has 0 saturated carbocycles. The number of hydrogen-bond acceptors (Lipinski definition) is 7. The third-order valence-corrected chi connectivity index (χ3v) is 11.3. The highest BCUT2D eigenvalue weighted by Gasteiger charge is 2.30. The molecule has 0 aliphatic carbocycles. The lowest BCUT2D eigenvalue weighted by molar-refractivity contribution is -0.143. The number of hydrogen-bond donors (Lipinski definition) is 1. The van der Waals surface area contributed by atoms with Crippen molar-refractivity contribution in [2.24, 2.45) is 16.7 Å². The van der Waals surface area contributed by atoms with Crippen molar-refractivity contribution in [1.29, 1.82) is 0 Å². The van der Waals surface area contributed by atoms with E-state index in [1.807, 2.05) is 19.2 Å². The van der Waals surface area contributed by atoms with Crippen molar-refractivity contribution >= 4 is 28.8 Å². The number of unbranched alkanes of at least 4 members (excludes halogenated alkanes) is 16. The largest absolute Gasteiger partial charge is 0.461 e. The normalized spacial score (nSPS) is 12.4. The van der Waals surface area contributed by atoms with E-state index < -0.39 is 0 Å². The van der Waals surface area contributed by atoms with Gasteiger partial charge in [0, 0.05) is 25.0 Å². The van der Waals surface area contributed by atoms with E-state index in [9.17, 15) is 14.4 Å². The minimum absolute atomic E-state index is 0.0199. The van der Waals surface area contributed by atoms with Gasteiger partial charge in [0.2, 0.25) is 0 Å². The summed E-state index contributed by atoms with van der Waals surface area (Å²) in [6.45, 7) is 15.2. The maximum Gasteiger partial charge on any atom is 0.306 e. The van der Waals surface area contributed by atoms with Crippen LogP contribution in [0.4, 0.5) is 0 Å². The van der Waals surface area contributed by atoms with Crippen LogP contribution in [0.3, 0.4) is 0 Å². The van der Waals surface area contributed by atoms with Crippen LogP contribution in [0, 0.1) is 16.7 Å². The van der Waals surface area contributed by atoms with Gasteiger partial charge < -0.3 is 14.8 Å². The van der Waals surface area contributed by atoms with Crippen LogP contribution in [0.2, 0.25) is 0 Å². The topological polar surface area (TPSA) is 81.7 Å². The zero-order chi connectivity index (χ0) is 40.2. The van der Waals surface area contributed by atoms with Gasteiger partial charge in [0.25, 0.3) is 0 Å². The van der Waals surface area contributed by atoms with Gasteiger partial charge >= 0.3 is 11.9 Å². The lowest BCUT2D eigenvalue weighted by atomic mass is 9.73. The van der Waals surface area contributed by atoms with Crippen LogP contribution < -0.4 is 5.32 Å². The summed E-state index contributed by atoms with van der Waals surface area (Å²) >= 11 is 1.56. The van der Waals surface area contributed by atoms with Crippen molar-refractivity contribution in [2.75, 3.05) is 32.6 Å². The highest BCUT2D eigenvalue weighted by atomic mass is 32.2. The Hall–Kier alpha value is -1.60.